The molecule has 2 aromatic carbocycles. The zero-order valence-electron chi connectivity index (χ0n) is 16.0. The Balaban J connectivity index is 0.00000280. The van der Waals surface area contributed by atoms with Crippen molar-refractivity contribution in [2.24, 2.45) is 5.92 Å². The monoisotopic (exact) mass is 408 g/mol. The van der Waals surface area contributed by atoms with E-state index in [0.717, 1.165) is 31.5 Å². The second kappa shape index (κ2) is 10.3. The third-order valence-electron chi connectivity index (χ3n) is 4.93. The van der Waals surface area contributed by atoms with Gasteiger partial charge in [-0.15, -0.1) is 12.4 Å². The van der Waals surface area contributed by atoms with E-state index in [0.29, 0.717) is 17.1 Å². The Labute approximate surface area is 171 Å². The maximum atomic E-state index is 14.0. The third kappa shape index (κ3) is 5.14. The molecule has 1 amide bonds. The molecule has 3 rings (SSSR count). The molecule has 7 heteroatoms. The smallest absolute Gasteiger partial charge is 0.223 e. The van der Waals surface area contributed by atoms with Crippen LogP contribution in [0.15, 0.2) is 42.5 Å². The average molecular weight is 409 g/mol. The molecule has 1 heterocycles. The Kier molecular flexibility index (Phi) is 8.08. The summed E-state index contributed by atoms with van der Waals surface area (Å²) in [5.74, 6) is 0.725. The molecule has 0 aromatic heterocycles. The summed E-state index contributed by atoms with van der Waals surface area (Å²) < 4.78 is 24.7. The Morgan fingerprint density at radius 1 is 1.14 bits per heavy atom. The number of hydrogen-bond donors (Lipinski definition) is 2. The lowest BCUT2D eigenvalue weighted by Gasteiger charge is -2.27. The van der Waals surface area contributed by atoms with Gasteiger partial charge >= 0.3 is 0 Å². The van der Waals surface area contributed by atoms with E-state index in [4.69, 9.17) is 9.47 Å². The second-order valence-corrected chi connectivity index (χ2v) is 6.63. The molecule has 1 unspecified atom stereocenters. The lowest BCUT2D eigenvalue weighted by Crippen LogP contribution is -2.40. The highest BCUT2D eigenvalue weighted by atomic mass is 35.5. The minimum absolute atomic E-state index is 0. The molecule has 1 atom stereocenters. The molecule has 0 radical (unpaired) electrons. The third-order valence-corrected chi connectivity index (χ3v) is 4.93. The number of benzene rings is 2. The molecule has 28 heavy (non-hydrogen) atoms. The first kappa shape index (κ1) is 22.0. The highest BCUT2D eigenvalue weighted by Crippen LogP contribution is 2.33. The highest BCUT2D eigenvalue weighted by molar-refractivity contribution is 5.85. The van der Waals surface area contributed by atoms with E-state index >= 15 is 0 Å². The lowest BCUT2D eigenvalue weighted by atomic mass is 9.93. The maximum absolute atomic E-state index is 14.0. The fraction of sp³-hybridized carbons (Fsp3) is 0.381. The van der Waals surface area contributed by atoms with Crippen LogP contribution in [0, 0.1) is 11.7 Å². The van der Waals surface area contributed by atoms with Gasteiger partial charge in [-0.25, -0.2) is 4.39 Å². The number of rotatable bonds is 6. The molecule has 0 saturated carbocycles. The zero-order chi connectivity index (χ0) is 19.2. The van der Waals surface area contributed by atoms with E-state index in [1.54, 1.807) is 13.2 Å². The van der Waals surface area contributed by atoms with Gasteiger partial charge in [-0.1, -0.05) is 12.1 Å². The first-order valence-electron chi connectivity index (χ1n) is 9.11. The fourth-order valence-electron chi connectivity index (χ4n) is 3.44. The highest BCUT2D eigenvalue weighted by Gasteiger charge is 2.27. The van der Waals surface area contributed by atoms with Gasteiger partial charge in [-0.2, -0.15) is 0 Å². The molecule has 152 valence electrons. The van der Waals surface area contributed by atoms with Crippen LogP contribution in [0.1, 0.15) is 30.0 Å². The van der Waals surface area contributed by atoms with Crippen molar-refractivity contribution in [3.05, 3.63) is 59.4 Å². The molecule has 1 fully saturated rings. The minimum Gasteiger partial charge on any atom is -0.497 e. The van der Waals surface area contributed by atoms with Crippen LogP contribution in [0.3, 0.4) is 0 Å². The summed E-state index contributed by atoms with van der Waals surface area (Å²) in [6.45, 7) is 1.65. The molecular formula is C21H26ClFN2O3. The number of hydrogen-bond acceptors (Lipinski definition) is 4. The molecule has 5 nitrogen and oxygen atoms in total. The number of ether oxygens (including phenoxy) is 2. The van der Waals surface area contributed by atoms with Gasteiger partial charge in [0.2, 0.25) is 5.91 Å². The van der Waals surface area contributed by atoms with Crippen molar-refractivity contribution in [1.82, 2.24) is 10.6 Å². The average Bonchev–Trinajstić information content (AvgIpc) is 2.72. The van der Waals surface area contributed by atoms with Gasteiger partial charge in [0, 0.05) is 11.5 Å². The maximum Gasteiger partial charge on any atom is 0.223 e. The number of piperidine rings is 1. The van der Waals surface area contributed by atoms with Gasteiger partial charge in [-0.05, 0) is 61.8 Å². The topological polar surface area (TPSA) is 59.6 Å². The Hall–Kier alpha value is -2.31. The normalized spacial score (nSPS) is 15.2. The predicted octanol–water partition coefficient (Wildman–Crippen LogP) is 3.47. The molecule has 2 N–H and O–H groups in total. The summed E-state index contributed by atoms with van der Waals surface area (Å²) in [6, 6.07) is 11.2. The Morgan fingerprint density at radius 3 is 2.57 bits per heavy atom. The van der Waals surface area contributed by atoms with Crippen LogP contribution >= 0.6 is 12.4 Å². The summed E-state index contributed by atoms with van der Waals surface area (Å²) in [4.78, 5) is 12.9. The number of methoxy groups -OCH3 is 2. The van der Waals surface area contributed by atoms with Gasteiger partial charge in [0.05, 0.1) is 20.3 Å². The fourth-order valence-corrected chi connectivity index (χ4v) is 3.44. The van der Waals surface area contributed by atoms with Crippen LogP contribution in [0.5, 0.6) is 11.5 Å². The van der Waals surface area contributed by atoms with Crippen LogP contribution in [0.4, 0.5) is 4.39 Å². The van der Waals surface area contributed by atoms with Crippen LogP contribution in [0.25, 0.3) is 0 Å². The molecule has 0 spiro atoms. The largest absolute Gasteiger partial charge is 0.497 e. The van der Waals surface area contributed by atoms with Crippen molar-refractivity contribution in [3.63, 3.8) is 0 Å². The van der Waals surface area contributed by atoms with Gasteiger partial charge in [0.15, 0.2) is 0 Å². The summed E-state index contributed by atoms with van der Waals surface area (Å²) >= 11 is 0. The van der Waals surface area contributed by atoms with Crippen LogP contribution in [-0.4, -0.2) is 33.2 Å². The first-order chi connectivity index (χ1) is 13.1. The van der Waals surface area contributed by atoms with E-state index in [2.05, 4.69) is 10.6 Å². The van der Waals surface area contributed by atoms with Crippen molar-refractivity contribution in [2.75, 3.05) is 27.3 Å². The van der Waals surface area contributed by atoms with Crippen LogP contribution < -0.4 is 20.1 Å². The molecule has 2 aromatic rings. The number of halogens is 2. The van der Waals surface area contributed by atoms with Crippen LogP contribution in [-0.2, 0) is 4.79 Å². The first-order valence-corrected chi connectivity index (χ1v) is 9.11. The summed E-state index contributed by atoms with van der Waals surface area (Å²) in [5.41, 5.74) is 1.38. The SMILES string of the molecule is COc1cccc(C(NC(=O)C2CCNCC2)c2cc(F)ccc2OC)c1.Cl. The van der Waals surface area contributed by atoms with Crippen molar-refractivity contribution < 1.29 is 18.7 Å². The molecule has 0 aliphatic carbocycles. The standard InChI is InChI=1S/C21H25FN2O3.ClH/c1-26-17-5-3-4-15(12-17)20(18-13-16(22)6-7-19(18)27-2)24-21(25)14-8-10-23-11-9-14;/h3-7,12-14,20,23H,8-11H2,1-2H3,(H,24,25);1H. The molecule has 1 aliphatic rings. The summed E-state index contributed by atoms with van der Waals surface area (Å²) in [7, 11) is 3.12. The van der Waals surface area contributed by atoms with Gasteiger partial charge in [-0.3, -0.25) is 4.79 Å². The Morgan fingerprint density at radius 2 is 1.89 bits per heavy atom. The van der Waals surface area contributed by atoms with Crippen molar-refractivity contribution >= 4 is 18.3 Å². The number of amides is 1. The van der Waals surface area contributed by atoms with Crippen molar-refractivity contribution in [2.45, 2.75) is 18.9 Å². The number of carbonyl (C=O) groups excluding carboxylic acids is 1. The second-order valence-electron chi connectivity index (χ2n) is 6.63. The predicted molar refractivity (Wildman–Crippen MR) is 109 cm³/mol. The Bertz CT molecular complexity index is 797. The van der Waals surface area contributed by atoms with E-state index in [1.807, 2.05) is 24.3 Å². The minimum atomic E-state index is -0.534. The lowest BCUT2D eigenvalue weighted by molar-refractivity contribution is -0.126. The van der Waals surface area contributed by atoms with Gasteiger partial charge in [0.1, 0.15) is 17.3 Å². The van der Waals surface area contributed by atoms with Crippen molar-refractivity contribution in [3.8, 4) is 11.5 Å². The van der Waals surface area contributed by atoms with E-state index in [1.165, 1.54) is 19.2 Å². The van der Waals surface area contributed by atoms with Crippen LogP contribution in [0.2, 0.25) is 0 Å². The van der Waals surface area contributed by atoms with Gasteiger partial charge < -0.3 is 20.1 Å². The molecule has 1 aliphatic heterocycles. The molecular weight excluding hydrogens is 383 g/mol. The summed E-state index contributed by atoms with van der Waals surface area (Å²) in [5, 5.41) is 6.36. The molecule has 0 bridgehead atoms. The molecule has 1 saturated heterocycles. The quantitative estimate of drug-likeness (QED) is 0.768. The number of carbonyl (C=O) groups is 1. The summed E-state index contributed by atoms with van der Waals surface area (Å²) in [6.07, 6.45) is 1.58. The van der Waals surface area contributed by atoms with Crippen molar-refractivity contribution in [1.29, 1.82) is 0 Å². The van der Waals surface area contributed by atoms with E-state index in [-0.39, 0.29) is 30.0 Å². The van der Waals surface area contributed by atoms with E-state index in [9.17, 15) is 9.18 Å². The number of nitrogens with one attached hydrogen (secondary N) is 2. The van der Waals surface area contributed by atoms with E-state index < -0.39 is 6.04 Å². The van der Waals surface area contributed by atoms with Gasteiger partial charge in [0.25, 0.3) is 0 Å². The zero-order valence-corrected chi connectivity index (χ0v) is 16.9.